The number of alkyl halides is 3. The Labute approximate surface area is 53.5 Å². The van der Waals surface area contributed by atoms with Crippen molar-refractivity contribution in [2.24, 2.45) is 0 Å². The summed E-state index contributed by atoms with van der Waals surface area (Å²) < 4.78 is 2.10. The van der Waals surface area contributed by atoms with Crippen molar-refractivity contribution in [3.05, 3.63) is 0 Å². The Morgan fingerprint density at radius 3 is 2.50 bits per heavy atom. The molecule has 0 unspecified atom stereocenters. The molecule has 0 spiro atoms. The van der Waals surface area contributed by atoms with Crippen LogP contribution in [0.5, 0.6) is 0 Å². The van der Waals surface area contributed by atoms with E-state index in [-0.39, 0.29) is 0 Å². The van der Waals surface area contributed by atoms with Crippen LogP contribution >= 0.6 is 11.6 Å². The topological polar surface area (TPSA) is 0 Å². The molecular formula is C4H7ClI-. The summed E-state index contributed by atoms with van der Waals surface area (Å²) >= 11 is 5.93. The number of rotatable bonds is 2. The van der Waals surface area contributed by atoms with Gasteiger partial charge in [0.2, 0.25) is 0 Å². The Hall–Kier alpha value is 1.02. The first-order valence-electron chi connectivity index (χ1n) is 2.07. The van der Waals surface area contributed by atoms with E-state index in [0.717, 1.165) is 7.81 Å². The summed E-state index contributed by atoms with van der Waals surface area (Å²) in [5, 5.41) is 0. The van der Waals surface area contributed by atoms with Crippen molar-refractivity contribution >= 4 is 11.6 Å². The third-order valence-electron chi connectivity index (χ3n) is 0.783. The van der Waals surface area contributed by atoms with Crippen molar-refractivity contribution in [2.75, 3.05) is 3.89 Å². The fourth-order valence-electron chi connectivity index (χ4n) is 0.300. The van der Waals surface area contributed by atoms with E-state index in [0.29, 0.717) is 21.2 Å². The van der Waals surface area contributed by atoms with Gasteiger partial charge in [-0.25, -0.2) is 0 Å². The molecule has 0 N–H and O–H groups in total. The van der Waals surface area contributed by atoms with Crippen molar-refractivity contribution in [3.63, 3.8) is 0 Å². The molecule has 1 aliphatic rings. The van der Waals surface area contributed by atoms with Gasteiger partial charge in [-0.15, -0.1) is 0 Å². The summed E-state index contributed by atoms with van der Waals surface area (Å²) in [6, 6.07) is 0. The Kier molecular flexibility index (Phi) is 2.03. The van der Waals surface area contributed by atoms with Crippen LogP contribution in [0.1, 0.15) is 12.8 Å². The Bertz CT molecular complexity index is 42.8. The van der Waals surface area contributed by atoms with E-state index < -0.39 is 0 Å². The molecular weight excluding hydrogens is 210 g/mol. The monoisotopic (exact) mass is 217 g/mol. The van der Waals surface area contributed by atoms with Gasteiger partial charge >= 0.3 is 53.5 Å². The first-order valence-corrected chi connectivity index (χ1v) is 5.37. The summed E-state index contributed by atoms with van der Waals surface area (Å²) in [6.45, 7) is 0. The minimum atomic E-state index is 0.445. The molecule has 0 amide bonds. The van der Waals surface area contributed by atoms with Gasteiger partial charge in [0, 0.05) is 0 Å². The fourth-order valence-corrected chi connectivity index (χ4v) is 3.12. The summed E-state index contributed by atoms with van der Waals surface area (Å²) in [4.78, 5) is 0. The van der Waals surface area contributed by atoms with Crippen LogP contribution in [-0.2, 0) is 0 Å². The molecule has 1 saturated carbocycles. The van der Waals surface area contributed by atoms with E-state index in [1.807, 2.05) is 0 Å². The van der Waals surface area contributed by atoms with Crippen LogP contribution in [0, 0.1) is 0 Å². The van der Waals surface area contributed by atoms with Crippen LogP contribution in [-0.4, -0.2) is 7.81 Å². The average molecular weight is 217 g/mol. The van der Waals surface area contributed by atoms with Gasteiger partial charge in [-0.3, -0.25) is 0 Å². The molecule has 2 heteroatoms. The first kappa shape index (κ1) is 5.16. The van der Waals surface area contributed by atoms with E-state index in [1.54, 1.807) is 0 Å². The van der Waals surface area contributed by atoms with Gasteiger partial charge in [0.25, 0.3) is 0 Å². The summed E-state index contributed by atoms with van der Waals surface area (Å²) in [7, 11) is 0. The first-order chi connectivity index (χ1) is 2.93. The van der Waals surface area contributed by atoms with Gasteiger partial charge in [-0.05, 0) is 0 Å². The van der Waals surface area contributed by atoms with Crippen molar-refractivity contribution in [2.45, 2.75) is 16.8 Å². The van der Waals surface area contributed by atoms with Crippen LogP contribution in [0.3, 0.4) is 0 Å². The number of hydrogen-bond acceptors (Lipinski definition) is 0. The molecule has 0 aromatic rings. The quantitative estimate of drug-likeness (QED) is 0.387. The standard InChI is InChI=1S/C4H7ClI/c5-3-6-4-1-2-4/h4H,1-3H2/q-1. The molecule has 0 aromatic carbocycles. The predicted molar refractivity (Wildman–Crippen MR) is 23.7 cm³/mol. The van der Waals surface area contributed by atoms with Crippen molar-refractivity contribution in [1.29, 1.82) is 0 Å². The normalized spacial score (nSPS) is 22.2. The predicted octanol–water partition coefficient (Wildman–Crippen LogP) is -1.57. The van der Waals surface area contributed by atoms with Crippen LogP contribution in [0.25, 0.3) is 0 Å². The molecule has 6 heavy (non-hydrogen) atoms. The molecule has 0 bridgehead atoms. The second-order valence-electron chi connectivity index (χ2n) is 1.43. The summed E-state index contributed by atoms with van der Waals surface area (Å²) in [5.74, 6) is 0. The Morgan fingerprint density at radius 1 is 1.67 bits per heavy atom. The van der Waals surface area contributed by atoms with E-state index in [1.165, 1.54) is 12.8 Å². The molecule has 0 aliphatic heterocycles. The molecule has 0 saturated heterocycles. The van der Waals surface area contributed by atoms with Crippen LogP contribution in [0.2, 0.25) is 0 Å². The van der Waals surface area contributed by atoms with Gasteiger partial charge < -0.3 is 0 Å². The zero-order valence-electron chi connectivity index (χ0n) is 3.45. The Balaban J connectivity index is 1.88. The van der Waals surface area contributed by atoms with E-state index >= 15 is 0 Å². The Morgan fingerprint density at radius 2 is 2.33 bits per heavy atom. The van der Waals surface area contributed by atoms with Gasteiger partial charge in [0.15, 0.2) is 0 Å². The molecule has 1 fully saturated rings. The minimum absolute atomic E-state index is 0.445. The molecule has 1 rings (SSSR count). The molecule has 38 valence electrons. The van der Waals surface area contributed by atoms with Gasteiger partial charge in [0.05, 0.1) is 0 Å². The van der Waals surface area contributed by atoms with E-state index in [4.69, 9.17) is 11.6 Å². The fraction of sp³-hybridized carbons (Fsp3) is 1.00. The maximum atomic E-state index is 5.49. The summed E-state index contributed by atoms with van der Waals surface area (Å²) in [6.07, 6.45) is 2.97. The molecule has 0 heterocycles. The zero-order chi connectivity index (χ0) is 4.41. The number of halogens is 2. The second-order valence-corrected chi connectivity index (χ2v) is 6.00. The second kappa shape index (κ2) is 2.36. The molecule has 0 aromatic heterocycles. The molecule has 0 nitrogen and oxygen atoms in total. The molecule has 0 atom stereocenters. The van der Waals surface area contributed by atoms with Crippen LogP contribution in [0.15, 0.2) is 0 Å². The number of hydrogen-bond donors (Lipinski definition) is 0. The third-order valence-corrected chi connectivity index (χ3v) is 4.39. The van der Waals surface area contributed by atoms with Crippen LogP contribution < -0.4 is 21.2 Å². The molecule has 0 radical (unpaired) electrons. The van der Waals surface area contributed by atoms with E-state index in [2.05, 4.69) is 0 Å². The van der Waals surface area contributed by atoms with Crippen molar-refractivity contribution < 1.29 is 21.2 Å². The van der Waals surface area contributed by atoms with Crippen LogP contribution in [0.4, 0.5) is 0 Å². The van der Waals surface area contributed by atoms with Crippen molar-refractivity contribution in [1.82, 2.24) is 0 Å². The van der Waals surface area contributed by atoms with Gasteiger partial charge in [-0.1, -0.05) is 0 Å². The SMILES string of the molecule is ClC[I-]C1CC1. The molecule has 1 aliphatic carbocycles. The summed E-state index contributed by atoms with van der Waals surface area (Å²) in [5.41, 5.74) is 0. The van der Waals surface area contributed by atoms with Gasteiger partial charge in [0.1, 0.15) is 0 Å². The van der Waals surface area contributed by atoms with Crippen molar-refractivity contribution in [3.8, 4) is 0 Å². The maximum absolute atomic E-state index is 5.49. The average Bonchev–Trinajstić information content (AvgIpc) is 2.21. The zero-order valence-corrected chi connectivity index (χ0v) is 6.37. The van der Waals surface area contributed by atoms with E-state index in [9.17, 15) is 0 Å². The van der Waals surface area contributed by atoms with Gasteiger partial charge in [-0.2, -0.15) is 0 Å². The third kappa shape index (κ3) is 1.65.